The summed E-state index contributed by atoms with van der Waals surface area (Å²) in [6, 6.07) is 11.0. The highest BCUT2D eigenvalue weighted by Gasteiger charge is 2.24. The Morgan fingerprint density at radius 1 is 1.28 bits per heavy atom. The Morgan fingerprint density at radius 2 is 2.04 bits per heavy atom. The van der Waals surface area contributed by atoms with Crippen molar-refractivity contribution in [1.82, 2.24) is 5.32 Å². The van der Waals surface area contributed by atoms with E-state index in [2.05, 4.69) is 10.3 Å². The highest BCUT2D eigenvalue weighted by Crippen LogP contribution is 2.31. The van der Waals surface area contributed by atoms with Crippen LogP contribution in [0.1, 0.15) is 11.1 Å². The molecule has 1 fully saturated rings. The summed E-state index contributed by atoms with van der Waals surface area (Å²) in [4.78, 5) is 27.1. The Labute approximate surface area is 147 Å². The number of amides is 1. The number of nitro groups is 1. The van der Waals surface area contributed by atoms with Crippen molar-refractivity contribution in [1.29, 1.82) is 0 Å². The zero-order valence-electron chi connectivity index (χ0n) is 13.1. The van der Waals surface area contributed by atoms with Crippen molar-refractivity contribution in [2.24, 2.45) is 4.99 Å². The van der Waals surface area contributed by atoms with E-state index in [1.807, 2.05) is 0 Å². The van der Waals surface area contributed by atoms with Crippen LogP contribution in [0.15, 0.2) is 52.4 Å². The lowest BCUT2D eigenvalue weighted by Gasteiger charge is -2.01. The molecule has 1 saturated heterocycles. The van der Waals surface area contributed by atoms with Crippen molar-refractivity contribution in [3.63, 3.8) is 0 Å². The van der Waals surface area contributed by atoms with Gasteiger partial charge in [0.2, 0.25) is 0 Å². The number of benzene rings is 2. The van der Waals surface area contributed by atoms with Crippen LogP contribution in [0, 0.1) is 17.0 Å². The number of aryl methyl sites for hydroxylation is 1. The maximum atomic E-state index is 12.1. The number of nitrogens with one attached hydrogen (secondary N) is 1. The first-order valence-corrected chi connectivity index (χ1v) is 8.08. The van der Waals surface area contributed by atoms with Gasteiger partial charge in [-0.1, -0.05) is 18.2 Å². The van der Waals surface area contributed by atoms with Crippen molar-refractivity contribution in [2.45, 2.75) is 6.92 Å². The van der Waals surface area contributed by atoms with Crippen molar-refractivity contribution in [3.8, 4) is 5.75 Å². The Balaban J connectivity index is 1.86. The van der Waals surface area contributed by atoms with Gasteiger partial charge in [-0.2, -0.15) is 0 Å². The number of para-hydroxylation sites is 1. The average Bonchev–Trinajstić information content (AvgIpc) is 2.91. The molecule has 0 unspecified atom stereocenters. The lowest BCUT2D eigenvalue weighted by molar-refractivity contribution is -0.384. The minimum absolute atomic E-state index is 0.00954. The van der Waals surface area contributed by atoms with Gasteiger partial charge < -0.3 is 10.4 Å². The highest BCUT2D eigenvalue weighted by molar-refractivity contribution is 8.18. The average molecular weight is 355 g/mol. The molecule has 0 atom stereocenters. The first kappa shape index (κ1) is 16.7. The molecule has 0 aromatic heterocycles. The van der Waals surface area contributed by atoms with Gasteiger partial charge in [-0.15, -0.1) is 0 Å². The van der Waals surface area contributed by atoms with E-state index in [1.54, 1.807) is 37.3 Å². The molecule has 1 amide bonds. The van der Waals surface area contributed by atoms with Gasteiger partial charge in [0, 0.05) is 17.7 Å². The lowest BCUT2D eigenvalue weighted by atomic mass is 10.2. The first-order valence-electron chi connectivity index (χ1n) is 7.26. The maximum absolute atomic E-state index is 12.1. The molecule has 0 aliphatic carbocycles. The molecule has 25 heavy (non-hydrogen) atoms. The minimum Gasteiger partial charge on any atom is -0.507 e. The summed E-state index contributed by atoms with van der Waals surface area (Å²) in [5.41, 5.74) is 1.70. The van der Waals surface area contributed by atoms with Crippen LogP contribution >= 0.6 is 11.8 Å². The largest absolute Gasteiger partial charge is 0.507 e. The molecule has 2 aromatic rings. The molecule has 1 aliphatic rings. The minimum atomic E-state index is -0.469. The molecular formula is C17H13N3O4S. The lowest BCUT2D eigenvalue weighted by Crippen LogP contribution is -2.19. The molecule has 1 heterocycles. The molecule has 7 nitrogen and oxygen atoms in total. The molecule has 3 rings (SSSR count). The van der Waals surface area contributed by atoms with E-state index >= 15 is 0 Å². The number of hydrogen-bond donors (Lipinski definition) is 2. The molecule has 2 N–H and O–H groups in total. The predicted molar refractivity (Wildman–Crippen MR) is 96.7 cm³/mol. The van der Waals surface area contributed by atoms with E-state index in [0.29, 0.717) is 26.9 Å². The molecule has 0 saturated carbocycles. The van der Waals surface area contributed by atoms with Gasteiger partial charge in [0.05, 0.1) is 15.5 Å². The summed E-state index contributed by atoms with van der Waals surface area (Å²) in [5.74, 6) is -0.230. The van der Waals surface area contributed by atoms with Gasteiger partial charge in [0.15, 0.2) is 5.17 Å². The molecule has 0 spiro atoms. The van der Waals surface area contributed by atoms with Crippen LogP contribution in [0.4, 0.5) is 11.4 Å². The number of thioether (sulfide) groups is 1. The SMILES string of the molecule is Cc1cc([N+](=O)[O-])ccc1N=C1NC(=O)/C(=C/c2ccccc2O)S1. The highest BCUT2D eigenvalue weighted by atomic mass is 32.2. The molecule has 0 bridgehead atoms. The van der Waals surface area contributed by atoms with Crippen LogP contribution in [0.2, 0.25) is 0 Å². The number of hydrogen-bond acceptors (Lipinski definition) is 6. The molecule has 2 aromatic carbocycles. The van der Waals surface area contributed by atoms with Gasteiger partial charge in [0.25, 0.3) is 11.6 Å². The van der Waals surface area contributed by atoms with Crippen molar-refractivity contribution in [2.75, 3.05) is 0 Å². The van der Waals surface area contributed by atoms with E-state index in [0.717, 1.165) is 11.8 Å². The first-order chi connectivity index (χ1) is 11.9. The Kier molecular flexibility index (Phi) is 4.53. The fourth-order valence-corrected chi connectivity index (χ4v) is 3.05. The topological polar surface area (TPSA) is 105 Å². The number of amidine groups is 1. The van der Waals surface area contributed by atoms with Gasteiger partial charge in [-0.3, -0.25) is 14.9 Å². The van der Waals surface area contributed by atoms with E-state index in [9.17, 15) is 20.0 Å². The third-order valence-corrected chi connectivity index (χ3v) is 4.40. The summed E-state index contributed by atoms with van der Waals surface area (Å²) < 4.78 is 0. The predicted octanol–water partition coefficient (Wildman–Crippen LogP) is 3.50. The smallest absolute Gasteiger partial charge is 0.269 e. The van der Waals surface area contributed by atoms with Gasteiger partial charge in [-0.25, -0.2) is 4.99 Å². The number of phenols is 1. The second-order valence-electron chi connectivity index (χ2n) is 5.27. The van der Waals surface area contributed by atoms with Crippen LogP contribution < -0.4 is 5.32 Å². The van der Waals surface area contributed by atoms with Crippen molar-refractivity contribution in [3.05, 3.63) is 68.6 Å². The zero-order chi connectivity index (χ0) is 18.0. The van der Waals surface area contributed by atoms with E-state index in [4.69, 9.17) is 0 Å². The number of rotatable bonds is 3. The summed E-state index contributed by atoms with van der Waals surface area (Å²) in [6.45, 7) is 1.71. The summed E-state index contributed by atoms with van der Waals surface area (Å²) in [5, 5.41) is 23.6. The third kappa shape index (κ3) is 3.69. The number of non-ortho nitro benzene ring substituents is 1. The molecule has 1 aliphatic heterocycles. The van der Waals surface area contributed by atoms with Crippen LogP contribution in [0.5, 0.6) is 5.75 Å². The Morgan fingerprint density at radius 3 is 2.72 bits per heavy atom. The Bertz CT molecular complexity index is 937. The van der Waals surface area contributed by atoms with E-state index < -0.39 is 4.92 Å². The van der Waals surface area contributed by atoms with E-state index in [1.165, 1.54) is 18.2 Å². The maximum Gasteiger partial charge on any atom is 0.269 e. The number of aromatic hydroxyl groups is 1. The quantitative estimate of drug-likeness (QED) is 0.498. The summed E-state index contributed by atoms with van der Waals surface area (Å²) in [7, 11) is 0. The summed E-state index contributed by atoms with van der Waals surface area (Å²) >= 11 is 1.14. The van der Waals surface area contributed by atoms with Crippen molar-refractivity contribution >= 4 is 40.3 Å². The van der Waals surface area contributed by atoms with Crippen LogP contribution in [0.3, 0.4) is 0 Å². The number of aliphatic imine (C=N–C) groups is 1. The molecule has 8 heteroatoms. The number of nitro benzene ring substituents is 1. The number of phenolic OH excluding ortho intramolecular Hbond substituents is 1. The Hall–Kier alpha value is -3.13. The molecule has 126 valence electrons. The second-order valence-corrected chi connectivity index (χ2v) is 6.30. The monoisotopic (exact) mass is 355 g/mol. The standard InChI is InChI=1S/C17H13N3O4S/c1-10-8-12(20(23)24)6-7-13(10)18-17-19-16(22)15(25-17)9-11-4-2-3-5-14(11)21/h2-9,21H,1H3,(H,18,19,22)/b15-9-. The van der Waals surface area contributed by atoms with Crippen LogP contribution in [-0.4, -0.2) is 21.1 Å². The number of nitrogens with zero attached hydrogens (tertiary/aromatic N) is 2. The van der Waals surface area contributed by atoms with Crippen LogP contribution in [-0.2, 0) is 4.79 Å². The van der Waals surface area contributed by atoms with Crippen molar-refractivity contribution < 1.29 is 14.8 Å². The normalized spacial score (nSPS) is 17.1. The van der Waals surface area contributed by atoms with Gasteiger partial charge >= 0.3 is 0 Å². The van der Waals surface area contributed by atoms with Gasteiger partial charge in [-0.05, 0) is 42.5 Å². The summed E-state index contributed by atoms with van der Waals surface area (Å²) in [6.07, 6.45) is 1.58. The molecule has 0 radical (unpaired) electrons. The van der Waals surface area contributed by atoms with Crippen LogP contribution in [0.25, 0.3) is 6.08 Å². The number of carbonyl (C=O) groups is 1. The van der Waals surface area contributed by atoms with Gasteiger partial charge in [0.1, 0.15) is 5.75 Å². The zero-order valence-corrected chi connectivity index (χ0v) is 13.9. The third-order valence-electron chi connectivity index (χ3n) is 3.49. The van der Waals surface area contributed by atoms with E-state index in [-0.39, 0.29) is 17.3 Å². The number of carbonyl (C=O) groups excluding carboxylic acids is 1. The fraction of sp³-hybridized carbons (Fsp3) is 0.0588. The second kappa shape index (κ2) is 6.78. The molecular weight excluding hydrogens is 342 g/mol. The fourth-order valence-electron chi connectivity index (χ4n) is 2.22.